The van der Waals surface area contributed by atoms with Crippen LogP contribution in [-0.4, -0.2) is 58.4 Å². The summed E-state index contributed by atoms with van der Waals surface area (Å²) < 4.78 is 13.9. The molecule has 0 bridgehead atoms. The van der Waals surface area contributed by atoms with Gasteiger partial charge < -0.3 is 19.7 Å². The lowest BCUT2D eigenvalue weighted by atomic mass is 10.1. The van der Waals surface area contributed by atoms with Crippen LogP contribution >= 0.6 is 0 Å². The molecule has 0 amide bonds. The molecule has 4 rings (SSSR count). The van der Waals surface area contributed by atoms with Gasteiger partial charge in [-0.15, -0.1) is 5.92 Å². The SMILES string of the molecule is CC#CCn1c(N2CCNCC2)nc2nc(OC(C(=O)OC)c3ccccc3)n(C)c(=O)c21. The lowest BCUT2D eigenvalue weighted by Gasteiger charge is -2.28. The number of nitrogens with zero attached hydrogens (tertiary/aromatic N) is 5. The number of nitrogens with one attached hydrogen (secondary N) is 1. The molecule has 10 nitrogen and oxygen atoms in total. The van der Waals surface area contributed by atoms with Crippen LogP contribution in [0.5, 0.6) is 6.01 Å². The molecule has 1 saturated heterocycles. The van der Waals surface area contributed by atoms with Crippen LogP contribution in [0.3, 0.4) is 0 Å². The molecule has 3 aromatic rings. The Balaban J connectivity index is 1.82. The fourth-order valence-corrected chi connectivity index (χ4v) is 3.74. The van der Waals surface area contributed by atoms with E-state index in [1.807, 2.05) is 6.07 Å². The zero-order valence-electron chi connectivity index (χ0n) is 18.9. The predicted molar refractivity (Wildman–Crippen MR) is 123 cm³/mol. The van der Waals surface area contributed by atoms with Crippen molar-refractivity contribution in [2.75, 3.05) is 38.2 Å². The third kappa shape index (κ3) is 4.40. The Labute approximate surface area is 191 Å². The minimum Gasteiger partial charge on any atom is -0.466 e. The van der Waals surface area contributed by atoms with E-state index in [-0.39, 0.29) is 17.2 Å². The summed E-state index contributed by atoms with van der Waals surface area (Å²) in [4.78, 5) is 37.1. The molecular formula is C23H26N6O4. The van der Waals surface area contributed by atoms with Crippen LogP contribution in [0.1, 0.15) is 18.6 Å². The Morgan fingerprint density at radius 3 is 2.61 bits per heavy atom. The lowest BCUT2D eigenvalue weighted by molar-refractivity contribution is -0.149. The van der Waals surface area contributed by atoms with E-state index >= 15 is 0 Å². The minimum atomic E-state index is -1.08. The summed E-state index contributed by atoms with van der Waals surface area (Å²) in [5, 5.41) is 3.31. The number of aromatic nitrogens is 4. The first-order valence-corrected chi connectivity index (χ1v) is 10.7. The summed E-state index contributed by atoms with van der Waals surface area (Å²) in [5.74, 6) is 5.94. The maximum atomic E-state index is 13.4. The van der Waals surface area contributed by atoms with Crippen molar-refractivity contribution < 1.29 is 14.3 Å². The number of carbonyl (C=O) groups excluding carboxylic acids is 1. The van der Waals surface area contributed by atoms with Crippen LogP contribution in [0.4, 0.5) is 5.95 Å². The van der Waals surface area contributed by atoms with Crippen molar-refractivity contribution in [2.45, 2.75) is 19.6 Å². The molecule has 0 radical (unpaired) electrons. The van der Waals surface area contributed by atoms with Crippen molar-refractivity contribution in [3.8, 4) is 17.9 Å². The number of carbonyl (C=O) groups is 1. The monoisotopic (exact) mass is 450 g/mol. The van der Waals surface area contributed by atoms with E-state index in [0.29, 0.717) is 23.6 Å². The molecule has 172 valence electrons. The van der Waals surface area contributed by atoms with Gasteiger partial charge in [0.05, 0.1) is 13.7 Å². The maximum absolute atomic E-state index is 13.4. The van der Waals surface area contributed by atoms with Crippen molar-refractivity contribution in [3.63, 3.8) is 0 Å². The molecule has 3 heterocycles. The highest BCUT2D eigenvalue weighted by Gasteiger charge is 2.28. The van der Waals surface area contributed by atoms with Crippen LogP contribution in [0.2, 0.25) is 0 Å². The van der Waals surface area contributed by atoms with Crippen molar-refractivity contribution >= 4 is 23.1 Å². The van der Waals surface area contributed by atoms with Crippen molar-refractivity contribution in [3.05, 3.63) is 46.2 Å². The second-order valence-electron chi connectivity index (χ2n) is 7.52. The van der Waals surface area contributed by atoms with Crippen molar-refractivity contribution in [1.82, 2.24) is 24.4 Å². The van der Waals surface area contributed by atoms with E-state index in [0.717, 1.165) is 26.2 Å². The average Bonchev–Trinajstić information content (AvgIpc) is 3.23. The smallest absolute Gasteiger partial charge is 0.351 e. The van der Waals surface area contributed by atoms with Crippen molar-refractivity contribution in [2.24, 2.45) is 7.05 Å². The standard InChI is InChI=1S/C23H26N6O4/c1-4-5-13-29-17-19(25-22(29)28-14-11-24-12-15-28)26-23(27(2)20(17)30)33-18(21(31)32-3)16-9-7-6-8-10-16/h6-10,18,24H,11-15H2,1-3H3. The number of methoxy groups -OCH3 is 1. The number of imidazole rings is 1. The number of ether oxygens (including phenoxy) is 2. The molecule has 10 heteroatoms. The minimum absolute atomic E-state index is 0.0233. The normalized spacial score (nSPS) is 14.5. The number of piperazine rings is 1. The molecule has 1 aromatic carbocycles. The van der Waals surface area contributed by atoms with Crippen LogP contribution in [0.15, 0.2) is 35.1 Å². The first kappa shape index (κ1) is 22.4. The first-order valence-electron chi connectivity index (χ1n) is 10.7. The average molecular weight is 450 g/mol. The molecule has 2 aromatic heterocycles. The molecule has 0 spiro atoms. The maximum Gasteiger partial charge on any atom is 0.351 e. The Kier molecular flexibility index (Phi) is 6.60. The molecule has 0 aliphatic carbocycles. The zero-order chi connectivity index (χ0) is 23.4. The number of esters is 1. The largest absolute Gasteiger partial charge is 0.466 e. The number of anilines is 1. The summed E-state index contributed by atoms with van der Waals surface area (Å²) in [6, 6.07) is 8.89. The van der Waals surface area contributed by atoms with Gasteiger partial charge in [0.1, 0.15) is 0 Å². The van der Waals surface area contributed by atoms with Gasteiger partial charge in [0.25, 0.3) is 5.56 Å². The molecule has 1 atom stereocenters. The Bertz CT molecular complexity index is 1270. The van der Waals surface area contributed by atoms with Crippen LogP contribution in [0.25, 0.3) is 11.2 Å². The Morgan fingerprint density at radius 2 is 1.94 bits per heavy atom. The first-order chi connectivity index (χ1) is 16.0. The second kappa shape index (κ2) is 9.75. The zero-order valence-corrected chi connectivity index (χ0v) is 18.9. The molecule has 1 fully saturated rings. The molecule has 1 N–H and O–H groups in total. The molecule has 1 aliphatic heterocycles. The van der Waals surface area contributed by atoms with Crippen molar-refractivity contribution in [1.29, 1.82) is 0 Å². The Hall–Kier alpha value is -3.84. The van der Waals surface area contributed by atoms with Crippen LogP contribution in [0, 0.1) is 11.8 Å². The molecule has 1 unspecified atom stereocenters. The van der Waals surface area contributed by atoms with Gasteiger partial charge >= 0.3 is 12.0 Å². The van der Waals surface area contributed by atoms with Crippen LogP contribution < -0.4 is 20.5 Å². The van der Waals surface area contributed by atoms with Gasteiger partial charge in [0, 0.05) is 38.8 Å². The van der Waals surface area contributed by atoms with Gasteiger partial charge in [-0.1, -0.05) is 36.3 Å². The number of hydrogen-bond donors (Lipinski definition) is 1. The van der Waals surface area contributed by atoms with Gasteiger partial charge in [0.15, 0.2) is 11.2 Å². The summed E-state index contributed by atoms with van der Waals surface area (Å²) in [5.41, 5.74) is 0.842. The van der Waals surface area contributed by atoms with Gasteiger partial charge in [0.2, 0.25) is 12.1 Å². The molecular weight excluding hydrogens is 424 g/mol. The van der Waals surface area contributed by atoms with E-state index in [1.54, 1.807) is 42.8 Å². The molecule has 1 aliphatic rings. The van der Waals surface area contributed by atoms with Gasteiger partial charge in [-0.25, -0.2) is 4.79 Å². The third-order valence-corrected chi connectivity index (χ3v) is 5.48. The van der Waals surface area contributed by atoms with Gasteiger partial charge in [-0.2, -0.15) is 9.97 Å². The topological polar surface area (TPSA) is 104 Å². The highest BCUT2D eigenvalue weighted by molar-refractivity contribution is 5.77. The van der Waals surface area contributed by atoms with Crippen LogP contribution in [-0.2, 0) is 23.1 Å². The van der Waals surface area contributed by atoms with Gasteiger partial charge in [-0.3, -0.25) is 13.9 Å². The second-order valence-corrected chi connectivity index (χ2v) is 7.52. The number of hydrogen-bond acceptors (Lipinski definition) is 8. The highest BCUT2D eigenvalue weighted by Crippen LogP contribution is 2.25. The van der Waals surface area contributed by atoms with E-state index in [9.17, 15) is 9.59 Å². The number of benzene rings is 1. The summed E-state index contributed by atoms with van der Waals surface area (Å²) >= 11 is 0. The third-order valence-electron chi connectivity index (χ3n) is 5.48. The van der Waals surface area contributed by atoms with E-state index in [1.165, 1.54) is 11.7 Å². The fourth-order valence-electron chi connectivity index (χ4n) is 3.74. The lowest BCUT2D eigenvalue weighted by Crippen LogP contribution is -2.44. The van der Waals surface area contributed by atoms with E-state index < -0.39 is 12.1 Å². The Morgan fingerprint density at radius 1 is 1.21 bits per heavy atom. The summed E-state index contributed by atoms with van der Waals surface area (Å²) in [6.07, 6.45) is -1.08. The number of rotatable bonds is 6. The van der Waals surface area contributed by atoms with E-state index in [2.05, 4.69) is 32.0 Å². The number of fused-ring (bicyclic) bond motifs is 1. The summed E-state index contributed by atoms with van der Waals surface area (Å²) in [6.45, 7) is 5.22. The van der Waals surface area contributed by atoms with E-state index in [4.69, 9.17) is 9.47 Å². The molecule has 33 heavy (non-hydrogen) atoms. The fraction of sp³-hybridized carbons (Fsp3) is 0.391. The quantitative estimate of drug-likeness (QED) is 0.436. The summed E-state index contributed by atoms with van der Waals surface area (Å²) in [7, 11) is 2.84. The molecule has 0 saturated carbocycles. The highest BCUT2D eigenvalue weighted by atomic mass is 16.6. The predicted octanol–water partition coefficient (Wildman–Crippen LogP) is 0.856. The van der Waals surface area contributed by atoms with Gasteiger partial charge in [-0.05, 0) is 6.92 Å².